The van der Waals surface area contributed by atoms with Crippen molar-refractivity contribution in [3.63, 3.8) is 0 Å². The van der Waals surface area contributed by atoms with Gasteiger partial charge in [-0.3, -0.25) is 0 Å². The Kier molecular flexibility index (Phi) is 5.46. The van der Waals surface area contributed by atoms with Crippen LogP contribution in [0.15, 0.2) is 23.2 Å². The summed E-state index contributed by atoms with van der Waals surface area (Å²) in [5.74, 6) is 0.746. The van der Waals surface area contributed by atoms with Crippen molar-refractivity contribution in [2.45, 2.75) is 26.3 Å². The van der Waals surface area contributed by atoms with E-state index in [9.17, 15) is 0 Å². The van der Waals surface area contributed by atoms with Crippen molar-refractivity contribution in [2.75, 3.05) is 7.05 Å². The Morgan fingerprint density at radius 2 is 2.11 bits per heavy atom. The average molecular weight is 284 g/mol. The molecule has 18 heavy (non-hydrogen) atoms. The molecule has 0 spiro atoms. The van der Waals surface area contributed by atoms with E-state index in [4.69, 9.17) is 28.5 Å². The van der Waals surface area contributed by atoms with E-state index >= 15 is 0 Å². The molecule has 0 saturated heterocycles. The number of amidine groups is 1. The van der Waals surface area contributed by atoms with E-state index < -0.39 is 0 Å². The molecule has 1 rings (SSSR count). The van der Waals surface area contributed by atoms with Crippen LogP contribution in [0.2, 0.25) is 10.0 Å². The minimum Gasteiger partial charge on any atom is -0.356 e. The minimum absolute atomic E-state index is 0.0758. The molecule has 0 amide bonds. The molecule has 0 aromatic heterocycles. The second-order valence-corrected chi connectivity index (χ2v) is 4.76. The van der Waals surface area contributed by atoms with Gasteiger partial charge in [0.2, 0.25) is 6.19 Å². The number of nitrogens with zero attached hydrogens (tertiary/aromatic N) is 3. The van der Waals surface area contributed by atoms with Crippen LogP contribution >= 0.6 is 23.2 Å². The fourth-order valence-electron chi connectivity index (χ4n) is 1.68. The average Bonchev–Trinajstić information content (AvgIpc) is 2.37. The monoisotopic (exact) mass is 283 g/mol. The van der Waals surface area contributed by atoms with Crippen molar-refractivity contribution in [1.82, 2.24) is 4.90 Å². The maximum atomic E-state index is 8.65. The first-order chi connectivity index (χ1) is 8.51. The van der Waals surface area contributed by atoms with Crippen molar-refractivity contribution in [3.8, 4) is 6.19 Å². The van der Waals surface area contributed by atoms with Crippen LogP contribution in [-0.4, -0.2) is 17.8 Å². The van der Waals surface area contributed by atoms with E-state index in [0.717, 1.165) is 11.4 Å². The second-order valence-electron chi connectivity index (χ2n) is 3.94. The summed E-state index contributed by atoms with van der Waals surface area (Å²) >= 11 is 11.9. The van der Waals surface area contributed by atoms with Gasteiger partial charge in [0.1, 0.15) is 5.84 Å². The molecule has 0 bridgehead atoms. The van der Waals surface area contributed by atoms with Gasteiger partial charge in [0.05, 0.1) is 16.1 Å². The zero-order chi connectivity index (χ0) is 13.7. The summed E-state index contributed by atoms with van der Waals surface area (Å²) in [6.45, 7) is 4.00. The molecule has 1 aromatic rings. The van der Waals surface area contributed by atoms with E-state index in [2.05, 4.69) is 4.99 Å². The van der Waals surface area contributed by atoms with E-state index in [1.54, 1.807) is 6.07 Å². The molecular formula is C13H15Cl2N3. The van der Waals surface area contributed by atoms with Crippen molar-refractivity contribution in [3.05, 3.63) is 33.8 Å². The third-order valence-corrected chi connectivity index (χ3v) is 3.65. The lowest BCUT2D eigenvalue weighted by Gasteiger charge is -2.27. The fraction of sp³-hybridized carbons (Fsp3) is 0.385. The molecule has 1 unspecified atom stereocenters. The highest BCUT2D eigenvalue weighted by Crippen LogP contribution is 2.28. The standard InChI is InChI=1S/C13H15Cl2N3/c1-4-13(17-8-16)18(3)9(2)10-5-6-11(14)12(15)7-10/h5-7,9H,4H2,1-3H3. The summed E-state index contributed by atoms with van der Waals surface area (Å²) < 4.78 is 0. The fourth-order valence-corrected chi connectivity index (χ4v) is 1.99. The van der Waals surface area contributed by atoms with Gasteiger partial charge in [0.25, 0.3) is 0 Å². The van der Waals surface area contributed by atoms with Gasteiger partial charge in [-0.25, -0.2) is 0 Å². The molecule has 5 heteroatoms. The smallest absolute Gasteiger partial charge is 0.207 e. The maximum Gasteiger partial charge on any atom is 0.207 e. The molecule has 0 N–H and O–H groups in total. The van der Waals surface area contributed by atoms with Crippen LogP contribution in [0.4, 0.5) is 0 Å². The lowest BCUT2D eigenvalue weighted by Crippen LogP contribution is -2.29. The summed E-state index contributed by atoms with van der Waals surface area (Å²) in [4.78, 5) is 5.78. The van der Waals surface area contributed by atoms with Crippen LogP contribution in [0.5, 0.6) is 0 Å². The predicted molar refractivity (Wildman–Crippen MR) is 76.0 cm³/mol. The summed E-state index contributed by atoms with van der Waals surface area (Å²) in [6.07, 6.45) is 2.53. The Balaban J connectivity index is 2.99. The summed E-state index contributed by atoms with van der Waals surface area (Å²) in [6, 6.07) is 5.61. The molecule has 0 fully saturated rings. The van der Waals surface area contributed by atoms with Crippen LogP contribution in [0, 0.1) is 11.5 Å². The second kappa shape index (κ2) is 6.63. The van der Waals surface area contributed by atoms with Crippen LogP contribution in [0.1, 0.15) is 31.9 Å². The zero-order valence-electron chi connectivity index (χ0n) is 10.6. The molecule has 0 aliphatic rings. The van der Waals surface area contributed by atoms with E-state index in [0.29, 0.717) is 16.5 Å². The Bertz CT molecular complexity index is 491. The number of halogens is 2. The summed E-state index contributed by atoms with van der Waals surface area (Å²) in [5.41, 5.74) is 1.03. The Morgan fingerprint density at radius 3 is 2.61 bits per heavy atom. The van der Waals surface area contributed by atoms with Gasteiger partial charge >= 0.3 is 0 Å². The van der Waals surface area contributed by atoms with Crippen LogP contribution < -0.4 is 0 Å². The molecule has 3 nitrogen and oxygen atoms in total. The Hall–Kier alpha value is -1.24. The zero-order valence-corrected chi connectivity index (χ0v) is 12.1. The first-order valence-corrected chi connectivity index (χ1v) is 6.40. The molecule has 0 aliphatic heterocycles. The minimum atomic E-state index is 0.0758. The first-order valence-electron chi connectivity index (χ1n) is 5.64. The Morgan fingerprint density at radius 1 is 1.44 bits per heavy atom. The molecule has 0 radical (unpaired) electrons. The maximum absolute atomic E-state index is 8.65. The number of hydrogen-bond acceptors (Lipinski definition) is 2. The number of benzene rings is 1. The molecule has 0 heterocycles. The quantitative estimate of drug-likeness (QED) is 0.472. The van der Waals surface area contributed by atoms with Gasteiger partial charge in [-0.1, -0.05) is 36.2 Å². The van der Waals surface area contributed by atoms with Crippen LogP contribution in [-0.2, 0) is 0 Å². The Labute approximate surface area is 118 Å². The van der Waals surface area contributed by atoms with E-state index in [-0.39, 0.29) is 6.04 Å². The van der Waals surface area contributed by atoms with Gasteiger partial charge < -0.3 is 4.90 Å². The van der Waals surface area contributed by atoms with Crippen molar-refractivity contribution in [1.29, 1.82) is 5.26 Å². The summed E-state index contributed by atoms with van der Waals surface area (Å²) in [7, 11) is 1.91. The van der Waals surface area contributed by atoms with Gasteiger partial charge in [-0.15, -0.1) is 0 Å². The van der Waals surface area contributed by atoms with Crippen LogP contribution in [0.25, 0.3) is 0 Å². The van der Waals surface area contributed by atoms with Gasteiger partial charge in [0.15, 0.2) is 0 Å². The topological polar surface area (TPSA) is 39.4 Å². The third kappa shape index (κ3) is 3.38. The van der Waals surface area contributed by atoms with E-state index in [1.165, 1.54) is 0 Å². The number of hydrogen-bond donors (Lipinski definition) is 0. The van der Waals surface area contributed by atoms with Crippen molar-refractivity contribution < 1.29 is 0 Å². The van der Waals surface area contributed by atoms with Crippen molar-refractivity contribution in [2.24, 2.45) is 4.99 Å². The highest BCUT2D eigenvalue weighted by atomic mass is 35.5. The largest absolute Gasteiger partial charge is 0.356 e. The molecule has 1 atom stereocenters. The normalized spacial score (nSPS) is 13.0. The number of nitriles is 1. The van der Waals surface area contributed by atoms with Gasteiger partial charge in [-0.05, 0) is 24.6 Å². The van der Waals surface area contributed by atoms with E-state index in [1.807, 2.05) is 44.1 Å². The number of rotatable bonds is 3. The predicted octanol–water partition coefficient (Wildman–Crippen LogP) is 4.28. The van der Waals surface area contributed by atoms with Gasteiger partial charge in [-0.2, -0.15) is 10.3 Å². The molecular weight excluding hydrogens is 269 g/mol. The lowest BCUT2D eigenvalue weighted by atomic mass is 10.1. The third-order valence-electron chi connectivity index (χ3n) is 2.91. The van der Waals surface area contributed by atoms with Gasteiger partial charge in [0, 0.05) is 13.5 Å². The molecule has 0 aliphatic carbocycles. The SMILES string of the molecule is CCC(=NC#N)N(C)C(C)c1ccc(Cl)c(Cl)c1. The van der Waals surface area contributed by atoms with Crippen molar-refractivity contribution >= 4 is 29.0 Å². The highest BCUT2D eigenvalue weighted by Gasteiger charge is 2.15. The number of aliphatic imine (C=N–C) groups is 1. The highest BCUT2D eigenvalue weighted by molar-refractivity contribution is 6.42. The summed E-state index contributed by atoms with van der Waals surface area (Å²) in [5, 5.41) is 9.72. The first kappa shape index (κ1) is 14.8. The molecule has 96 valence electrons. The molecule has 1 aromatic carbocycles. The van der Waals surface area contributed by atoms with Crippen LogP contribution in [0.3, 0.4) is 0 Å². The lowest BCUT2D eigenvalue weighted by molar-refractivity contribution is 0.395. The molecule has 0 saturated carbocycles.